The molecule has 19 heavy (non-hydrogen) atoms. The van der Waals surface area contributed by atoms with Crippen molar-refractivity contribution in [1.82, 2.24) is 10.3 Å². The molecule has 3 N–H and O–H groups in total. The maximum Gasteiger partial charge on any atom is 0.273 e. The first-order valence-corrected chi connectivity index (χ1v) is 6.65. The van der Waals surface area contributed by atoms with Crippen LogP contribution in [0.5, 0.6) is 0 Å². The Morgan fingerprint density at radius 3 is 2.79 bits per heavy atom. The van der Waals surface area contributed by atoms with Crippen LogP contribution in [0.15, 0.2) is 39.4 Å². The van der Waals surface area contributed by atoms with Gasteiger partial charge in [-0.25, -0.2) is 4.98 Å². The molecule has 0 spiro atoms. The van der Waals surface area contributed by atoms with E-state index in [-0.39, 0.29) is 11.6 Å². The van der Waals surface area contributed by atoms with E-state index in [1.165, 1.54) is 6.26 Å². The number of hydrogen-bond donors (Lipinski definition) is 2. The minimum absolute atomic E-state index is 0.255. The highest BCUT2D eigenvalue weighted by molar-refractivity contribution is 9.10. The van der Waals surface area contributed by atoms with Gasteiger partial charge in [-0.05, 0) is 17.7 Å². The van der Waals surface area contributed by atoms with Crippen LogP contribution in [0.2, 0.25) is 0 Å². The number of oxazole rings is 1. The van der Waals surface area contributed by atoms with E-state index in [1.807, 2.05) is 24.3 Å². The van der Waals surface area contributed by atoms with Crippen molar-refractivity contribution >= 4 is 21.8 Å². The minimum atomic E-state index is -0.255. The Bertz CT molecular complexity index is 551. The molecule has 0 radical (unpaired) electrons. The molecule has 2 rings (SSSR count). The van der Waals surface area contributed by atoms with Crippen LogP contribution in [0.25, 0.3) is 0 Å². The molecular weight excluding hydrogens is 310 g/mol. The van der Waals surface area contributed by atoms with E-state index in [9.17, 15) is 4.79 Å². The number of benzene rings is 1. The van der Waals surface area contributed by atoms with Crippen LogP contribution >= 0.6 is 15.9 Å². The maximum atomic E-state index is 11.8. The van der Waals surface area contributed by atoms with Gasteiger partial charge in [0.05, 0.1) is 0 Å². The minimum Gasteiger partial charge on any atom is -0.448 e. The molecule has 2 aromatic rings. The van der Waals surface area contributed by atoms with Gasteiger partial charge in [-0.3, -0.25) is 4.79 Å². The second-order valence-electron chi connectivity index (χ2n) is 3.97. The number of carbonyl (C=O) groups is 1. The van der Waals surface area contributed by atoms with Gasteiger partial charge in [-0.1, -0.05) is 28.1 Å². The summed E-state index contributed by atoms with van der Waals surface area (Å²) in [6.45, 7) is 0.895. The first kappa shape index (κ1) is 13.8. The van der Waals surface area contributed by atoms with Gasteiger partial charge in [0.2, 0.25) is 0 Å². The number of nitrogens with one attached hydrogen (secondary N) is 1. The summed E-state index contributed by atoms with van der Waals surface area (Å²) in [6, 6.07) is 7.73. The Morgan fingerprint density at radius 2 is 2.11 bits per heavy atom. The number of nitrogens with zero attached hydrogens (tertiary/aromatic N) is 1. The molecule has 1 heterocycles. The fourth-order valence-corrected chi connectivity index (χ4v) is 1.79. The van der Waals surface area contributed by atoms with Crippen LogP contribution in [0.1, 0.15) is 21.9 Å². The van der Waals surface area contributed by atoms with Crippen molar-refractivity contribution in [2.45, 2.75) is 13.0 Å². The van der Waals surface area contributed by atoms with Crippen LogP contribution in [-0.4, -0.2) is 17.4 Å². The molecule has 0 saturated carbocycles. The van der Waals surface area contributed by atoms with Gasteiger partial charge < -0.3 is 15.5 Å². The van der Waals surface area contributed by atoms with Crippen molar-refractivity contribution in [2.24, 2.45) is 5.73 Å². The summed E-state index contributed by atoms with van der Waals surface area (Å²) in [6.07, 6.45) is 1.88. The van der Waals surface area contributed by atoms with Crippen LogP contribution in [-0.2, 0) is 13.0 Å². The van der Waals surface area contributed by atoms with Crippen LogP contribution in [0, 0.1) is 0 Å². The smallest absolute Gasteiger partial charge is 0.273 e. The summed E-state index contributed by atoms with van der Waals surface area (Å²) in [5, 5.41) is 2.78. The maximum absolute atomic E-state index is 11.8. The number of hydrogen-bond acceptors (Lipinski definition) is 4. The standard InChI is InChI=1S/C13H14BrN3O2/c14-10-3-1-9(2-4-10)7-16-13(18)11-8-19-12(17-11)5-6-15/h1-4,8H,5-7,15H2,(H,16,18). The number of amides is 1. The van der Waals surface area contributed by atoms with Crippen LogP contribution in [0.4, 0.5) is 0 Å². The van der Waals surface area contributed by atoms with E-state index in [2.05, 4.69) is 26.2 Å². The molecule has 0 saturated heterocycles. The third kappa shape index (κ3) is 3.90. The van der Waals surface area contributed by atoms with Crippen LogP contribution < -0.4 is 11.1 Å². The Morgan fingerprint density at radius 1 is 1.37 bits per heavy atom. The molecule has 6 heteroatoms. The Kier molecular flexibility index (Phi) is 4.70. The van der Waals surface area contributed by atoms with E-state index < -0.39 is 0 Å². The Hall–Kier alpha value is -1.66. The summed E-state index contributed by atoms with van der Waals surface area (Å²) >= 11 is 3.36. The third-order valence-electron chi connectivity index (χ3n) is 2.51. The predicted octanol–water partition coefficient (Wildman–Crippen LogP) is 1.87. The number of halogens is 1. The topological polar surface area (TPSA) is 81.1 Å². The van der Waals surface area contributed by atoms with Crippen LogP contribution in [0.3, 0.4) is 0 Å². The van der Waals surface area contributed by atoms with Crippen molar-refractivity contribution < 1.29 is 9.21 Å². The quantitative estimate of drug-likeness (QED) is 0.880. The van der Waals surface area contributed by atoms with Crippen molar-refractivity contribution in [2.75, 3.05) is 6.54 Å². The molecule has 100 valence electrons. The third-order valence-corrected chi connectivity index (χ3v) is 3.04. The molecule has 0 aliphatic rings. The molecule has 0 atom stereocenters. The van der Waals surface area contributed by atoms with Gasteiger partial charge in [-0.15, -0.1) is 0 Å². The molecule has 5 nitrogen and oxygen atoms in total. The van der Waals surface area contributed by atoms with Crippen molar-refractivity contribution in [1.29, 1.82) is 0 Å². The molecular formula is C13H14BrN3O2. The summed E-state index contributed by atoms with van der Waals surface area (Å²) in [7, 11) is 0. The normalized spacial score (nSPS) is 10.4. The second kappa shape index (κ2) is 6.49. The summed E-state index contributed by atoms with van der Waals surface area (Å²) in [5.41, 5.74) is 6.68. The zero-order valence-corrected chi connectivity index (χ0v) is 11.8. The fraction of sp³-hybridized carbons (Fsp3) is 0.231. The number of carbonyl (C=O) groups excluding carboxylic acids is 1. The first-order chi connectivity index (χ1) is 9.19. The van der Waals surface area contributed by atoms with E-state index in [4.69, 9.17) is 10.2 Å². The monoisotopic (exact) mass is 323 g/mol. The lowest BCUT2D eigenvalue weighted by Gasteiger charge is -2.03. The zero-order chi connectivity index (χ0) is 13.7. The van der Waals surface area contributed by atoms with Gasteiger partial charge in [0.1, 0.15) is 6.26 Å². The summed E-state index contributed by atoms with van der Waals surface area (Å²) in [4.78, 5) is 15.9. The lowest BCUT2D eigenvalue weighted by atomic mass is 10.2. The molecule has 0 aliphatic carbocycles. The van der Waals surface area contributed by atoms with Gasteiger partial charge >= 0.3 is 0 Å². The van der Waals surface area contributed by atoms with E-state index in [0.29, 0.717) is 25.4 Å². The zero-order valence-electron chi connectivity index (χ0n) is 10.2. The van der Waals surface area contributed by atoms with E-state index in [1.54, 1.807) is 0 Å². The SMILES string of the molecule is NCCc1nc(C(=O)NCc2ccc(Br)cc2)co1. The summed E-state index contributed by atoms with van der Waals surface area (Å²) in [5.74, 6) is 0.228. The van der Waals surface area contributed by atoms with Crippen molar-refractivity contribution in [3.8, 4) is 0 Å². The molecule has 1 aromatic heterocycles. The average molecular weight is 324 g/mol. The van der Waals surface area contributed by atoms with Crippen molar-refractivity contribution in [3.63, 3.8) is 0 Å². The van der Waals surface area contributed by atoms with Gasteiger partial charge in [0.15, 0.2) is 11.6 Å². The average Bonchev–Trinajstić information content (AvgIpc) is 2.87. The second-order valence-corrected chi connectivity index (χ2v) is 4.89. The lowest BCUT2D eigenvalue weighted by Crippen LogP contribution is -2.23. The number of aromatic nitrogens is 1. The molecule has 0 fully saturated rings. The number of nitrogens with two attached hydrogens (primary N) is 1. The van der Waals surface area contributed by atoms with Crippen molar-refractivity contribution in [3.05, 3.63) is 52.1 Å². The highest BCUT2D eigenvalue weighted by Gasteiger charge is 2.11. The van der Waals surface area contributed by atoms with Gasteiger partial charge in [0, 0.05) is 24.0 Å². The largest absolute Gasteiger partial charge is 0.448 e. The Balaban J connectivity index is 1.91. The summed E-state index contributed by atoms with van der Waals surface area (Å²) < 4.78 is 6.14. The Labute approximate surface area is 119 Å². The lowest BCUT2D eigenvalue weighted by molar-refractivity contribution is 0.0946. The van der Waals surface area contributed by atoms with Gasteiger partial charge in [0.25, 0.3) is 5.91 Å². The van der Waals surface area contributed by atoms with E-state index >= 15 is 0 Å². The molecule has 1 amide bonds. The van der Waals surface area contributed by atoms with E-state index in [0.717, 1.165) is 10.0 Å². The molecule has 1 aromatic carbocycles. The molecule has 0 aliphatic heterocycles. The fourth-order valence-electron chi connectivity index (χ4n) is 1.53. The highest BCUT2D eigenvalue weighted by Crippen LogP contribution is 2.10. The molecule has 0 bridgehead atoms. The number of rotatable bonds is 5. The van der Waals surface area contributed by atoms with Gasteiger partial charge in [-0.2, -0.15) is 0 Å². The first-order valence-electron chi connectivity index (χ1n) is 5.86. The highest BCUT2D eigenvalue weighted by atomic mass is 79.9. The predicted molar refractivity (Wildman–Crippen MR) is 74.6 cm³/mol. The molecule has 0 unspecified atom stereocenters.